The smallest absolute Gasteiger partial charge is 0.242 e. The summed E-state index contributed by atoms with van der Waals surface area (Å²) in [6, 6.07) is 9.65. The molecule has 5 nitrogen and oxygen atoms in total. The van der Waals surface area contributed by atoms with Gasteiger partial charge in [0.25, 0.3) is 0 Å². The standard InChI is InChI=1S/C21H24N4OS/c1-16-8-14-27-20(16)19(24-12-7-18-3-2-9-23-15-18)21(26)25-13-6-17-4-10-22-11-5-17/h2-5,8-11,14-15,19,24H,6-7,12-13H2,1H3,(H,25,26). The first-order valence-electron chi connectivity index (χ1n) is 9.07. The molecule has 0 saturated heterocycles. The van der Waals surface area contributed by atoms with Gasteiger partial charge in [0.1, 0.15) is 6.04 Å². The average Bonchev–Trinajstić information content (AvgIpc) is 3.12. The minimum Gasteiger partial charge on any atom is -0.354 e. The lowest BCUT2D eigenvalue weighted by Gasteiger charge is -2.18. The SMILES string of the molecule is Cc1ccsc1C(NCCc1cccnc1)C(=O)NCCc1ccncc1. The van der Waals surface area contributed by atoms with Crippen LogP contribution < -0.4 is 10.6 Å². The zero-order valence-corrected chi connectivity index (χ0v) is 16.2. The summed E-state index contributed by atoms with van der Waals surface area (Å²) in [5, 5.41) is 8.52. The number of aromatic nitrogens is 2. The minimum absolute atomic E-state index is 0.0146. The summed E-state index contributed by atoms with van der Waals surface area (Å²) in [6.07, 6.45) is 8.80. The van der Waals surface area contributed by atoms with E-state index in [4.69, 9.17) is 0 Å². The molecule has 2 N–H and O–H groups in total. The molecule has 3 rings (SSSR count). The molecule has 0 fully saturated rings. The molecule has 6 heteroatoms. The van der Waals surface area contributed by atoms with Gasteiger partial charge in [0.05, 0.1) is 0 Å². The van der Waals surface area contributed by atoms with E-state index in [1.54, 1.807) is 29.9 Å². The van der Waals surface area contributed by atoms with Gasteiger partial charge in [-0.05, 0) is 66.1 Å². The number of aryl methyl sites for hydroxylation is 1. The maximum atomic E-state index is 12.8. The molecular weight excluding hydrogens is 356 g/mol. The van der Waals surface area contributed by atoms with E-state index >= 15 is 0 Å². The van der Waals surface area contributed by atoms with E-state index in [0.717, 1.165) is 28.8 Å². The predicted octanol–water partition coefficient (Wildman–Crippen LogP) is 3.08. The largest absolute Gasteiger partial charge is 0.354 e. The van der Waals surface area contributed by atoms with E-state index in [-0.39, 0.29) is 11.9 Å². The van der Waals surface area contributed by atoms with E-state index in [1.165, 1.54) is 5.56 Å². The van der Waals surface area contributed by atoms with Crippen molar-refractivity contribution in [1.82, 2.24) is 20.6 Å². The number of carbonyl (C=O) groups is 1. The summed E-state index contributed by atoms with van der Waals surface area (Å²) in [4.78, 5) is 22.1. The summed E-state index contributed by atoms with van der Waals surface area (Å²) in [5.74, 6) is 0.0146. The summed E-state index contributed by atoms with van der Waals surface area (Å²) < 4.78 is 0. The van der Waals surface area contributed by atoms with Crippen LogP contribution in [0.25, 0.3) is 0 Å². The molecule has 1 amide bonds. The fourth-order valence-corrected chi connectivity index (χ4v) is 3.87. The van der Waals surface area contributed by atoms with Gasteiger partial charge < -0.3 is 10.6 Å². The Hall–Kier alpha value is -2.57. The van der Waals surface area contributed by atoms with Crippen molar-refractivity contribution in [2.24, 2.45) is 0 Å². The number of thiophene rings is 1. The fourth-order valence-electron chi connectivity index (χ4n) is 2.87. The summed E-state index contributed by atoms with van der Waals surface area (Å²) in [5.41, 5.74) is 3.46. The molecule has 0 radical (unpaired) electrons. The zero-order valence-electron chi connectivity index (χ0n) is 15.4. The zero-order chi connectivity index (χ0) is 18.9. The van der Waals surface area contributed by atoms with Crippen LogP contribution in [0.1, 0.15) is 27.6 Å². The topological polar surface area (TPSA) is 66.9 Å². The highest BCUT2D eigenvalue weighted by Gasteiger charge is 2.22. The van der Waals surface area contributed by atoms with Crippen molar-refractivity contribution in [3.8, 4) is 0 Å². The second-order valence-electron chi connectivity index (χ2n) is 6.36. The molecule has 3 heterocycles. The van der Waals surface area contributed by atoms with E-state index in [0.29, 0.717) is 13.1 Å². The second kappa shape index (κ2) is 9.94. The van der Waals surface area contributed by atoms with E-state index in [1.807, 2.05) is 36.7 Å². The van der Waals surface area contributed by atoms with Gasteiger partial charge >= 0.3 is 0 Å². The Morgan fingerprint density at radius 1 is 1.04 bits per heavy atom. The Morgan fingerprint density at radius 3 is 2.56 bits per heavy atom. The highest BCUT2D eigenvalue weighted by Crippen LogP contribution is 2.24. The molecule has 0 aliphatic heterocycles. The molecule has 3 aromatic rings. The number of nitrogens with one attached hydrogen (secondary N) is 2. The Bertz CT molecular complexity index is 836. The van der Waals surface area contributed by atoms with Crippen LogP contribution >= 0.6 is 11.3 Å². The van der Waals surface area contributed by atoms with Crippen molar-refractivity contribution in [2.45, 2.75) is 25.8 Å². The molecule has 27 heavy (non-hydrogen) atoms. The van der Waals surface area contributed by atoms with Gasteiger partial charge in [-0.25, -0.2) is 0 Å². The molecule has 0 aromatic carbocycles. The lowest BCUT2D eigenvalue weighted by atomic mass is 10.1. The molecule has 3 aromatic heterocycles. The predicted molar refractivity (Wildman–Crippen MR) is 109 cm³/mol. The van der Waals surface area contributed by atoms with Crippen molar-refractivity contribution in [3.05, 3.63) is 82.1 Å². The van der Waals surface area contributed by atoms with Crippen LogP contribution in [-0.2, 0) is 17.6 Å². The monoisotopic (exact) mass is 380 g/mol. The first kappa shape index (κ1) is 19.2. The summed E-state index contributed by atoms with van der Waals surface area (Å²) >= 11 is 1.62. The van der Waals surface area contributed by atoms with Crippen LogP contribution in [0.3, 0.4) is 0 Å². The molecule has 1 unspecified atom stereocenters. The second-order valence-corrected chi connectivity index (χ2v) is 7.31. The van der Waals surface area contributed by atoms with Crippen LogP contribution in [0, 0.1) is 6.92 Å². The summed E-state index contributed by atoms with van der Waals surface area (Å²) in [7, 11) is 0. The Morgan fingerprint density at radius 2 is 1.85 bits per heavy atom. The Labute approximate surface area is 163 Å². The molecule has 0 saturated carbocycles. The third-order valence-corrected chi connectivity index (χ3v) is 5.46. The maximum Gasteiger partial charge on any atom is 0.242 e. The van der Waals surface area contributed by atoms with Crippen molar-refractivity contribution >= 4 is 17.2 Å². The molecule has 0 aliphatic carbocycles. The van der Waals surface area contributed by atoms with Crippen molar-refractivity contribution < 1.29 is 4.79 Å². The van der Waals surface area contributed by atoms with Crippen LogP contribution in [0.15, 0.2) is 60.5 Å². The number of pyridine rings is 2. The maximum absolute atomic E-state index is 12.8. The van der Waals surface area contributed by atoms with Gasteiger partial charge in [0, 0.05) is 42.8 Å². The van der Waals surface area contributed by atoms with Gasteiger partial charge in [-0.3, -0.25) is 14.8 Å². The lowest BCUT2D eigenvalue weighted by Crippen LogP contribution is -2.39. The van der Waals surface area contributed by atoms with Crippen LogP contribution in [-0.4, -0.2) is 29.0 Å². The number of nitrogens with zero attached hydrogens (tertiary/aromatic N) is 2. The van der Waals surface area contributed by atoms with Crippen LogP contribution in [0.5, 0.6) is 0 Å². The fraction of sp³-hybridized carbons (Fsp3) is 0.286. The third-order valence-electron chi connectivity index (χ3n) is 4.37. The molecular formula is C21H24N4OS. The van der Waals surface area contributed by atoms with Crippen LogP contribution in [0.2, 0.25) is 0 Å². The lowest BCUT2D eigenvalue weighted by molar-refractivity contribution is -0.123. The average molecular weight is 381 g/mol. The van der Waals surface area contributed by atoms with Gasteiger partial charge in [-0.15, -0.1) is 11.3 Å². The van der Waals surface area contributed by atoms with Crippen LogP contribution in [0.4, 0.5) is 0 Å². The molecule has 0 spiro atoms. The van der Waals surface area contributed by atoms with E-state index in [9.17, 15) is 4.79 Å². The van der Waals surface area contributed by atoms with Gasteiger partial charge in [0.2, 0.25) is 5.91 Å². The summed E-state index contributed by atoms with van der Waals surface area (Å²) in [6.45, 7) is 3.37. The number of hydrogen-bond donors (Lipinski definition) is 2. The molecule has 1 atom stereocenters. The molecule has 140 valence electrons. The highest BCUT2D eigenvalue weighted by molar-refractivity contribution is 7.10. The first-order valence-corrected chi connectivity index (χ1v) is 9.95. The quantitative estimate of drug-likeness (QED) is 0.599. The van der Waals surface area contributed by atoms with Gasteiger partial charge in [0.15, 0.2) is 0 Å². The molecule has 0 aliphatic rings. The molecule has 0 bridgehead atoms. The van der Waals surface area contributed by atoms with Crippen molar-refractivity contribution in [3.63, 3.8) is 0 Å². The number of hydrogen-bond acceptors (Lipinski definition) is 5. The number of rotatable bonds is 9. The Balaban J connectivity index is 1.57. The number of amides is 1. The Kier molecular flexibility index (Phi) is 7.07. The highest BCUT2D eigenvalue weighted by atomic mass is 32.1. The van der Waals surface area contributed by atoms with Crippen molar-refractivity contribution in [2.75, 3.05) is 13.1 Å². The van der Waals surface area contributed by atoms with Crippen molar-refractivity contribution in [1.29, 1.82) is 0 Å². The van der Waals surface area contributed by atoms with E-state index in [2.05, 4.69) is 32.7 Å². The van der Waals surface area contributed by atoms with Gasteiger partial charge in [-0.2, -0.15) is 0 Å². The van der Waals surface area contributed by atoms with E-state index < -0.39 is 0 Å². The third kappa shape index (κ3) is 5.70. The number of carbonyl (C=O) groups excluding carboxylic acids is 1. The van der Waals surface area contributed by atoms with Gasteiger partial charge in [-0.1, -0.05) is 6.07 Å². The normalized spacial score (nSPS) is 11.9. The first-order chi connectivity index (χ1) is 13.2. The minimum atomic E-state index is -0.334.